The monoisotopic (exact) mass is 427 g/mol. The van der Waals surface area contributed by atoms with Gasteiger partial charge in [0.15, 0.2) is 0 Å². The molecule has 0 aromatic heterocycles. The first-order valence-corrected chi connectivity index (χ1v) is 9.60. The van der Waals surface area contributed by atoms with Gasteiger partial charge >= 0.3 is 5.97 Å². The number of hydrogen-bond donors (Lipinski definition) is 0. The summed E-state index contributed by atoms with van der Waals surface area (Å²) in [6.07, 6.45) is 6.10. The van der Waals surface area contributed by atoms with Crippen LogP contribution < -0.4 is 17.0 Å². The highest BCUT2D eigenvalue weighted by atomic mass is 79.9. The van der Waals surface area contributed by atoms with Crippen molar-refractivity contribution in [2.75, 3.05) is 27.2 Å². The van der Waals surface area contributed by atoms with Crippen molar-refractivity contribution in [2.24, 2.45) is 5.92 Å². The van der Waals surface area contributed by atoms with E-state index in [1.54, 1.807) is 6.07 Å². The first-order valence-electron chi connectivity index (χ1n) is 9.60. The van der Waals surface area contributed by atoms with Crippen molar-refractivity contribution in [3.05, 3.63) is 35.6 Å². The molecular formula is C21H31BrFNO2. The second-order valence-corrected chi connectivity index (χ2v) is 8.68. The fourth-order valence-corrected chi connectivity index (χ4v) is 4.47. The van der Waals surface area contributed by atoms with Crippen molar-refractivity contribution in [3.63, 3.8) is 0 Å². The molecule has 5 heteroatoms. The van der Waals surface area contributed by atoms with Gasteiger partial charge in [-0.05, 0) is 43.4 Å². The van der Waals surface area contributed by atoms with Crippen LogP contribution in [-0.4, -0.2) is 43.7 Å². The van der Waals surface area contributed by atoms with Gasteiger partial charge in [0.25, 0.3) is 0 Å². The summed E-state index contributed by atoms with van der Waals surface area (Å²) in [5, 5.41) is 0. The van der Waals surface area contributed by atoms with Crippen molar-refractivity contribution in [2.45, 2.75) is 57.0 Å². The van der Waals surface area contributed by atoms with E-state index in [9.17, 15) is 9.18 Å². The highest BCUT2D eigenvalue weighted by molar-refractivity contribution is 5.83. The Balaban J connectivity index is 0.00000243. The highest BCUT2D eigenvalue weighted by Gasteiger charge is 2.46. The Morgan fingerprint density at radius 1 is 1.15 bits per heavy atom. The Labute approximate surface area is 167 Å². The van der Waals surface area contributed by atoms with E-state index in [0.717, 1.165) is 61.7 Å². The summed E-state index contributed by atoms with van der Waals surface area (Å²) in [6, 6.07) is 6.53. The molecule has 3 nitrogen and oxygen atoms in total. The third-order valence-corrected chi connectivity index (χ3v) is 6.41. The Kier molecular flexibility index (Phi) is 6.89. The maximum Gasteiger partial charge on any atom is 0.316 e. The molecule has 0 bridgehead atoms. The maximum absolute atomic E-state index is 13.8. The molecule has 0 spiro atoms. The molecule has 1 aromatic rings. The quantitative estimate of drug-likeness (QED) is 0.530. The molecule has 1 atom stereocenters. The zero-order chi connectivity index (χ0) is 18.1. The molecule has 146 valence electrons. The van der Waals surface area contributed by atoms with E-state index in [1.165, 1.54) is 12.1 Å². The van der Waals surface area contributed by atoms with Crippen LogP contribution in [-0.2, 0) is 14.9 Å². The Hall–Kier alpha value is -0.940. The van der Waals surface area contributed by atoms with Gasteiger partial charge < -0.3 is 26.2 Å². The van der Waals surface area contributed by atoms with Gasteiger partial charge in [-0.3, -0.25) is 4.79 Å². The summed E-state index contributed by atoms with van der Waals surface area (Å²) in [6.45, 7) is 4.01. The molecule has 0 amide bonds. The molecule has 1 heterocycles. The Morgan fingerprint density at radius 3 is 2.35 bits per heavy atom. The van der Waals surface area contributed by atoms with Crippen molar-refractivity contribution in [3.8, 4) is 0 Å². The van der Waals surface area contributed by atoms with Gasteiger partial charge in [0.2, 0.25) is 0 Å². The van der Waals surface area contributed by atoms with Crippen LogP contribution >= 0.6 is 0 Å². The van der Waals surface area contributed by atoms with Crippen LogP contribution in [0, 0.1) is 11.7 Å². The number of rotatable bonds is 4. The molecule has 2 aliphatic rings. The van der Waals surface area contributed by atoms with Gasteiger partial charge in [0.05, 0.1) is 32.6 Å². The zero-order valence-corrected chi connectivity index (χ0v) is 17.7. The number of nitrogens with zero attached hydrogens (tertiary/aromatic N) is 1. The molecule has 1 saturated heterocycles. The van der Waals surface area contributed by atoms with E-state index in [2.05, 4.69) is 14.1 Å². The molecule has 26 heavy (non-hydrogen) atoms. The number of carbonyl (C=O) groups is 1. The van der Waals surface area contributed by atoms with Crippen molar-refractivity contribution in [1.29, 1.82) is 0 Å². The topological polar surface area (TPSA) is 26.3 Å². The molecule has 0 N–H and O–H groups in total. The Bertz CT molecular complexity index is 620. The number of esters is 1. The second-order valence-electron chi connectivity index (χ2n) is 8.68. The van der Waals surface area contributed by atoms with Crippen LogP contribution in [0.2, 0.25) is 0 Å². The maximum atomic E-state index is 13.8. The predicted molar refractivity (Wildman–Crippen MR) is 96.7 cm³/mol. The van der Waals surface area contributed by atoms with Gasteiger partial charge in [-0.1, -0.05) is 25.0 Å². The van der Waals surface area contributed by atoms with Gasteiger partial charge in [-0.2, -0.15) is 0 Å². The SMILES string of the molecule is CC(C(=O)OC1CC[N+](C)(C)CC1)(c1cccc(F)c1)C1CCCC1.[Br-]. The van der Waals surface area contributed by atoms with Gasteiger partial charge in [-0.15, -0.1) is 0 Å². The van der Waals surface area contributed by atoms with E-state index in [-0.39, 0.29) is 40.8 Å². The smallest absolute Gasteiger partial charge is 0.316 e. The summed E-state index contributed by atoms with van der Waals surface area (Å²) < 4.78 is 20.8. The molecule has 1 unspecified atom stereocenters. The molecular weight excluding hydrogens is 397 g/mol. The van der Waals surface area contributed by atoms with Gasteiger partial charge in [-0.25, -0.2) is 4.39 Å². The number of carbonyl (C=O) groups excluding carboxylic acids is 1. The van der Waals surface area contributed by atoms with Gasteiger partial charge in [0, 0.05) is 12.8 Å². The van der Waals surface area contributed by atoms with Crippen LogP contribution in [0.5, 0.6) is 0 Å². The second kappa shape index (κ2) is 8.39. The first-order chi connectivity index (χ1) is 11.8. The fraction of sp³-hybridized carbons (Fsp3) is 0.667. The molecule has 1 aromatic carbocycles. The fourth-order valence-electron chi connectivity index (χ4n) is 4.47. The molecule has 3 rings (SSSR count). The summed E-state index contributed by atoms with van der Waals surface area (Å²) >= 11 is 0. The van der Waals surface area contributed by atoms with E-state index < -0.39 is 5.41 Å². The molecule has 2 fully saturated rings. The number of hydrogen-bond acceptors (Lipinski definition) is 2. The van der Waals surface area contributed by atoms with Gasteiger partial charge in [0.1, 0.15) is 11.9 Å². The third-order valence-electron chi connectivity index (χ3n) is 6.41. The van der Waals surface area contributed by atoms with Crippen LogP contribution in [0.25, 0.3) is 0 Å². The van der Waals surface area contributed by atoms with Crippen LogP contribution in [0.4, 0.5) is 4.39 Å². The predicted octanol–water partition coefficient (Wildman–Crippen LogP) is 1.06. The van der Waals surface area contributed by atoms with E-state index in [4.69, 9.17) is 4.74 Å². The third kappa shape index (κ3) is 4.48. The number of piperidine rings is 1. The lowest BCUT2D eigenvalue weighted by Crippen LogP contribution is -3.00. The van der Waals surface area contributed by atoms with Crippen molar-refractivity contribution >= 4 is 5.97 Å². The molecule has 1 aliphatic heterocycles. The average Bonchev–Trinajstić information content (AvgIpc) is 3.11. The number of benzene rings is 1. The average molecular weight is 428 g/mol. The molecule has 1 saturated carbocycles. The standard InChI is InChI=1S/C21H31FNO2.BrH/c1-21(16-7-4-5-8-16,17-9-6-10-18(22)15-17)20(24)25-19-11-13-23(2,3)14-12-19;/h6,9-10,15-16,19H,4-5,7-8,11-14H2,1-3H3;1H/q+1;/p-1. The number of halogens is 2. The number of quaternary nitrogens is 1. The molecule has 1 aliphatic carbocycles. The zero-order valence-electron chi connectivity index (χ0n) is 16.1. The minimum Gasteiger partial charge on any atom is -1.00 e. The minimum atomic E-state index is -0.750. The van der Waals surface area contributed by atoms with Crippen molar-refractivity contribution < 1.29 is 35.4 Å². The number of likely N-dealkylation sites (tertiary alicyclic amines) is 1. The Morgan fingerprint density at radius 2 is 1.77 bits per heavy atom. The normalized spacial score (nSPS) is 23.1. The van der Waals surface area contributed by atoms with Crippen LogP contribution in [0.3, 0.4) is 0 Å². The summed E-state index contributed by atoms with van der Waals surface area (Å²) in [5.74, 6) is -0.217. The lowest BCUT2D eigenvalue weighted by atomic mass is 9.70. The van der Waals surface area contributed by atoms with Crippen LogP contribution in [0.1, 0.15) is 51.0 Å². The lowest BCUT2D eigenvalue weighted by molar-refractivity contribution is -0.896. The summed E-state index contributed by atoms with van der Waals surface area (Å²) in [5.41, 5.74) is 0.0109. The van der Waals surface area contributed by atoms with E-state index >= 15 is 0 Å². The molecule has 0 radical (unpaired) electrons. The van der Waals surface area contributed by atoms with E-state index in [1.807, 2.05) is 13.0 Å². The first kappa shape index (κ1) is 21.4. The van der Waals surface area contributed by atoms with E-state index in [0.29, 0.717) is 0 Å². The lowest BCUT2D eigenvalue weighted by Gasteiger charge is -2.39. The largest absolute Gasteiger partial charge is 1.00 e. The highest BCUT2D eigenvalue weighted by Crippen LogP contribution is 2.43. The van der Waals surface area contributed by atoms with Crippen LogP contribution in [0.15, 0.2) is 24.3 Å². The van der Waals surface area contributed by atoms with Crippen molar-refractivity contribution in [1.82, 2.24) is 0 Å². The number of ether oxygens (including phenoxy) is 1. The summed E-state index contributed by atoms with van der Waals surface area (Å²) in [4.78, 5) is 13.2. The summed E-state index contributed by atoms with van der Waals surface area (Å²) in [7, 11) is 4.43. The minimum absolute atomic E-state index is 0.